The van der Waals surface area contributed by atoms with Crippen LogP contribution in [0.2, 0.25) is 0 Å². The van der Waals surface area contributed by atoms with Gasteiger partial charge in [0.15, 0.2) is 0 Å². The predicted octanol–water partition coefficient (Wildman–Crippen LogP) is 3.79. The molecule has 2 N–H and O–H groups in total. The van der Waals surface area contributed by atoms with E-state index in [1.807, 2.05) is 48.5 Å². The quantitative estimate of drug-likeness (QED) is 0.562. The van der Waals surface area contributed by atoms with Gasteiger partial charge < -0.3 is 5.73 Å². The normalized spacial score (nSPS) is 10.9. The Morgan fingerprint density at radius 3 is 2.52 bits per heavy atom. The summed E-state index contributed by atoms with van der Waals surface area (Å²) >= 11 is 3.42. The van der Waals surface area contributed by atoms with Gasteiger partial charge in [-0.1, -0.05) is 24.3 Å². The van der Waals surface area contributed by atoms with E-state index in [4.69, 9.17) is 5.73 Å². The molecule has 2 aromatic carbocycles. The molecule has 0 radical (unpaired) electrons. The summed E-state index contributed by atoms with van der Waals surface area (Å²) < 4.78 is 2.30. The molecule has 0 aliphatic carbocycles. The average Bonchev–Trinajstić information content (AvgIpc) is 2.62. The van der Waals surface area contributed by atoms with Crippen molar-refractivity contribution in [2.75, 3.05) is 5.73 Å². The van der Waals surface area contributed by atoms with Crippen molar-refractivity contribution in [2.45, 2.75) is 0 Å². The maximum Gasteiger partial charge on any atom is 0.267 e. The summed E-state index contributed by atoms with van der Waals surface area (Å²) in [5.74, 6) is 0.167. The van der Waals surface area contributed by atoms with Crippen LogP contribution in [-0.4, -0.2) is 14.5 Å². The van der Waals surface area contributed by atoms with Crippen LogP contribution >= 0.6 is 15.9 Å². The molecule has 0 atom stereocenters. The molecule has 2 heterocycles. The Balaban J connectivity index is 1.97. The van der Waals surface area contributed by atoms with Crippen LogP contribution in [0, 0.1) is 0 Å². The van der Waals surface area contributed by atoms with E-state index in [1.165, 1.54) is 4.57 Å². The van der Waals surface area contributed by atoms with Gasteiger partial charge in [0.1, 0.15) is 0 Å². The van der Waals surface area contributed by atoms with Gasteiger partial charge in [-0.3, -0.25) is 9.78 Å². The number of benzene rings is 2. The molecule has 0 spiro atoms. The molecule has 0 amide bonds. The Morgan fingerprint density at radius 1 is 0.960 bits per heavy atom. The van der Waals surface area contributed by atoms with Crippen molar-refractivity contribution in [1.82, 2.24) is 14.5 Å². The first-order valence-corrected chi connectivity index (χ1v) is 8.41. The van der Waals surface area contributed by atoms with Crippen LogP contribution in [0.3, 0.4) is 0 Å². The van der Waals surface area contributed by atoms with E-state index in [2.05, 4.69) is 25.9 Å². The minimum Gasteiger partial charge on any atom is -0.369 e. The lowest BCUT2D eigenvalue weighted by molar-refractivity contribution is 0.982. The second-order valence-electron chi connectivity index (χ2n) is 5.57. The Morgan fingerprint density at radius 2 is 1.76 bits per heavy atom. The lowest BCUT2D eigenvalue weighted by atomic mass is 10.1. The minimum absolute atomic E-state index is 0.167. The highest BCUT2D eigenvalue weighted by Gasteiger charge is 2.11. The number of hydrogen-bond acceptors (Lipinski definition) is 4. The van der Waals surface area contributed by atoms with Gasteiger partial charge in [-0.25, -0.2) is 9.55 Å². The number of nitrogens with two attached hydrogens (primary N) is 1. The number of rotatable bonds is 2. The third kappa shape index (κ3) is 2.81. The number of anilines is 1. The summed E-state index contributed by atoms with van der Waals surface area (Å²) in [5.41, 5.74) is 8.90. The van der Waals surface area contributed by atoms with Gasteiger partial charge in [0, 0.05) is 22.4 Å². The summed E-state index contributed by atoms with van der Waals surface area (Å²) in [5, 5.41) is 0.510. The molecule has 0 fully saturated rings. The fourth-order valence-corrected chi connectivity index (χ4v) is 3.14. The van der Waals surface area contributed by atoms with E-state index in [1.54, 1.807) is 18.5 Å². The molecule has 0 unspecified atom stereocenters. The van der Waals surface area contributed by atoms with Crippen molar-refractivity contribution >= 4 is 32.8 Å². The topological polar surface area (TPSA) is 73.8 Å². The van der Waals surface area contributed by atoms with E-state index in [-0.39, 0.29) is 11.5 Å². The number of nitrogen functional groups attached to an aromatic ring is 1. The number of halogens is 1. The molecule has 5 nitrogen and oxygen atoms in total. The maximum absolute atomic E-state index is 13.0. The van der Waals surface area contributed by atoms with Crippen molar-refractivity contribution in [2.24, 2.45) is 0 Å². The van der Waals surface area contributed by atoms with Crippen molar-refractivity contribution in [3.63, 3.8) is 0 Å². The number of pyridine rings is 1. The Bertz CT molecular complexity index is 1140. The highest BCUT2D eigenvalue weighted by Crippen LogP contribution is 2.24. The Kier molecular flexibility index (Phi) is 3.82. The lowest BCUT2D eigenvalue weighted by Gasteiger charge is -2.11. The Labute approximate surface area is 151 Å². The maximum atomic E-state index is 13.0. The summed E-state index contributed by atoms with van der Waals surface area (Å²) in [6.07, 6.45) is 3.47. The molecule has 6 heteroatoms. The first kappa shape index (κ1) is 15.5. The number of nitrogens with zero attached hydrogens (tertiary/aromatic N) is 3. The highest BCUT2D eigenvalue weighted by atomic mass is 79.9. The first-order valence-electron chi connectivity index (χ1n) is 7.62. The smallest absolute Gasteiger partial charge is 0.267 e. The van der Waals surface area contributed by atoms with Crippen molar-refractivity contribution in [1.29, 1.82) is 0 Å². The molecule has 0 aliphatic rings. The SMILES string of the molecule is Nc1nc2ccc(-c3cncc(Br)c3)cc2c(=O)n1-c1ccccc1. The predicted molar refractivity (Wildman–Crippen MR) is 103 cm³/mol. The fraction of sp³-hybridized carbons (Fsp3) is 0. The van der Waals surface area contributed by atoms with E-state index in [9.17, 15) is 4.79 Å². The number of para-hydroxylation sites is 1. The fourth-order valence-electron chi connectivity index (χ4n) is 2.78. The second kappa shape index (κ2) is 6.14. The third-order valence-corrected chi connectivity index (χ3v) is 4.38. The minimum atomic E-state index is -0.196. The molecule has 0 aliphatic heterocycles. The molecular formula is C19H13BrN4O. The van der Waals surface area contributed by atoms with Gasteiger partial charge in [0.25, 0.3) is 5.56 Å². The van der Waals surface area contributed by atoms with Crippen LogP contribution < -0.4 is 11.3 Å². The van der Waals surface area contributed by atoms with Crippen molar-refractivity contribution in [3.8, 4) is 16.8 Å². The van der Waals surface area contributed by atoms with Gasteiger partial charge in [-0.15, -0.1) is 0 Å². The van der Waals surface area contributed by atoms with Gasteiger partial charge in [-0.2, -0.15) is 0 Å². The molecule has 4 rings (SSSR count). The van der Waals surface area contributed by atoms with E-state index in [0.717, 1.165) is 15.6 Å². The third-order valence-electron chi connectivity index (χ3n) is 3.95. The second-order valence-corrected chi connectivity index (χ2v) is 6.49. The zero-order chi connectivity index (χ0) is 17.4. The molecule has 0 saturated carbocycles. The number of hydrogen-bond donors (Lipinski definition) is 1. The van der Waals surface area contributed by atoms with Gasteiger partial charge >= 0.3 is 0 Å². The lowest BCUT2D eigenvalue weighted by Crippen LogP contribution is -2.23. The van der Waals surface area contributed by atoms with Crippen LogP contribution in [0.5, 0.6) is 0 Å². The average molecular weight is 393 g/mol. The monoisotopic (exact) mass is 392 g/mol. The number of aromatic nitrogens is 3. The summed E-state index contributed by atoms with van der Waals surface area (Å²) in [4.78, 5) is 21.6. The number of fused-ring (bicyclic) bond motifs is 1. The van der Waals surface area contributed by atoms with Crippen molar-refractivity contribution < 1.29 is 0 Å². The zero-order valence-corrected chi connectivity index (χ0v) is 14.6. The standard InChI is InChI=1S/C19H13BrN4O/c20-14-8-13(10-22-11-14)12-6-7-17-16(9-12)18(25)24(19(21)23-17)15-4-2-1-3-5-15/h1-11H,(H2,21,23). The van der Waals surface area contributed by atoms with Gasteiger partial charge in [-0.05, 0) is 51.8 Å². The van der Waals surface area contributed by atoms with Crippen LogP contribution in [0.15, 0.2) is 76.3 Å². The molecule has 2 aromatic heterocycles. The summed E-state index contributed by atoms with van der Waals surface area (Å²) in [6.45, 7) is 0. The largest absolute Gasteiger partial charge is 0.369 e. The molecular weight excluding hydrogens is 380 g/mol. The van der Waals surface area contributed by atoms with Crippen LogP contribution in [-0.2, 0) is 0 Å². The van der Waals surface area contributed by atoms with E-state index >= 15 is 0 Å². The highest BCUT2D eigenvalue weighted by molar-refractivity contribution is 9.10. The van der Waals surface area contributed by atoms with Crippen LogP contribution in [0.4, 0.5) is 5.95 Å². The molecule has 4 aromatic rings. The van der Waals surface area contributed by atoms with Crippen LogP contribution in [0.25, 0.3) is 27.7 Å². The molecule has 0 saturated heterocycles. The summed E-state index contributed by atoms with van der Waals surface area (Å²) in [7, 11) is 0. The Hall–Kier alpha value is -2.99. The summed E-state index contributed by atoms with van der Waals surface area (Å²) in [6, 6.07) is 16.7. The first-order chi connectivity index (χ1) is 12.1. The molecule has 25 heavy (non-hydrogen) atoms. The van der Waals surface area contributed by atoms with E-state index < -0.39 is 0 Å². The molecule has 0 bridgehead atoms. The zero-order valence-electron chi connectivity index (χ0n) is 13.1. The van der Waals surface area contributed by atoms with Crippen LogP contribution in [0.1, 0.15) is 0 Å². The van der Waals surface area contributed by atoms with Gasteiger partial charge in [0.05, 0.1) is 16.6 Å². The van der Waals surface area contributed by atoms with Crippen molar-refractivity contribution in [3.05, 3.63) is 81.8 Å². The molecule has 122 valence electrons. The van der Waals surface area contributed by atoms with Gasteiger partial charge in [0.2, 0.25) is 5.95 Å². The van der Waals surface area contributed by atoms with E-state index in [0.29, 0.717) is 16.6 Å².